The largest absolute Gasteiger partial charge is 0.466 e. The average Bonchev–Trinajstić information content (AvgIpc) is 2.52. The average molecular weight is 326 g/mol. The van der Waals surface area contributed by atoms with Gasteiger partial charge >= 0.3 is 11.9 Å². The van der Waals surface area contributed by atoms with Gasteiger partial charge in [-0.2, -0.15) is 0 Å². The summed E-state index contributed by atoms with van der Waals surface area (Å²) >= 11 is 6.25. The topological polar surface area (TPSA) is 65.1 Å². The van der Waals surface area contributed by atoms with Crippen molar-refractivity contribution >= 4 is 29.2 Å². The van der Waals surface area contributed by atoms with E-state index in [9.17, 15) is 9.59 Å². The zero-order valence-electron chi connectivity index (χ0n) is 12.5. The monoisotopic (exact) mass is 325 g/mol. The minimum absolute atomic E-state index is 0.0307. The Hall–Kier alpha value is -2.05. The molecule has 0 radical (unpaired) electrons. The number of rotatable bonds is 3. The van der Waals surface area contributed by atoms with Crippen LogP contribution in [-0.4, -0.2) is 39.5 Å². The molecule has 0 saturated heterocycles. The van der Waals surface area contributed by atoms with Gasteiger partial charge in [-0.25, -0.2) is 9.59 Å². The van der Waals surface area contributed by atoms with Crippen LogP contribution in [0.15, 0.2) is 29.5 Å². The fourth-order valence-electron chi connectivity index (χ4n) is 2.16. The molecule has 0 aliphatic carbocycles. The van der Waals surface area contributed by atoms with Crippen molar-refractivity contribution < 1.29 is 23.8 Å². The van der Waals surface area contributed by atoms with Gasteiger partial charge < -0.3 is 19.1 Å². The van der Waals surface area contributed by atoms with E-state index in [1.165, 1.54) is 19.1 Å². The molecule has 1 aromatic rings. The lowest BCUT2D eigenvalue weighted by molar-refractivity contribution is -0.140. The molecule has 0 bridgehead atoms. The summed E-state index contributed by atoms with van der Waals surface area (Å²) < 4.78 is 14.9. The quantitative estimate of drug-likeness (QED) is 0.792. The van der Waals surface area contributed by atoms with Crippen molar-refractivity contribution in [3.05, 3.63) is 40.1 Å². The fourth-order valence-corrected chi connectivity index (χ4v) is 2.50. The Morgan fingerprint density at radius 2 is 1.91 bits per heavy atom. The predicted octanol–water partition coefficient (Wildman–Crippen LogP) is 2.04. The van der Waals surface area contributed by atoms with Crippen molar-refractivity contribution in [1.82, 2.24) is 0 Å². The van der Waals surface area contributed by atoms with E-state index in [1.54, 1.807) is 12.1 Å². The minimum atomic E-state index is -0.652. The maximum absolute atomic E-state index is 12.1. The predicted molar refractivity (Wildman–Crippen MR) is 80.5 cm³/mol. The van der Waals surface area contributed by atoms with E-state index in [0.29, 0.717) is 10.7 Å². The van der Waals surface area contributed by atoms with Gasteiger partial charge in [-0.15, -0.1) is 0 Å². The van der Waals surface area contributed by atoms with Crippen molar-refractivity contribution in [2.75, 3.05) is 32.5 Å². The Morgan fingerprint density at radius 3 is 2.50 bits per heavy atom. The lowest BCUT2D eigenvalue weighted by Gasteiger charge is -2.31. The number of carbonyl (C=O) groups excluding carboxylic acids is 2. The molecule has 0 N–H and O–H groups in total. The molecule has 6 nitrogen and oxygen atoms in total. The Morgan fingerprint density at radius 1 is 1.23 bits per heavy atom. The highest BCUT2D eigenvalue weighted by molar-refractivity contribution is 6.33. The van der Waals surface area contributed by atoms with Gasteiger partial charge in [0.15, 0.2) is 0 Å². The summed E-state index contributed by atoms with van der Waals surface area (Å²) in [4.78, 5) is 25.5. The number of aryl methyl sites for hydroxylation is 1. The van der Waals surface area contributed by atoms with Gasteiger partial charge in [0.05, 0.1) is 37.1 Å². The van der Waals surface area contributed by atoms with E-state index in [2.05, 4.69) is 0 Å². The number of anilines is 1. The zero-order valence-corrected chi connectivity index (χ0v) is 13.3. The Kier molecular flexibility index (Phi) is 5.05. The highest BCUT2D eigenvalue weighted by Gasteiger charge is 2.33. The second-order valence-corrected chi connectivity index (χ2v) is 5.08. The van der Waals surface area contributed by atoms with Crippen LogP contribution >= 0.6 is 11.6 Å². The number of hydrogen-bond acceptors (Lipinski definition) is 6. The third-order valence-corrected chi connectivity index (χ3v) is 3.53. The molecule has 0 fully saturated rings. The van der Waals surface area contributed by atoms with E-state index in [4.69, 9.17) is 25.8 Å². The fraction of sp³-hybridized carbons (Fsp3) is 0.333. The highest BCUT2D eigenvalue weighted by Crippen LogP contribution is 2.32. The van der Waals surface area contributed by atoms with Gasteiger partial charge in [-0.05, 0) is 24.6 Å². The van der Waals surface area contributed by atoms with Crippen LogP contribution in [0.25, 0.3) is 0 Å². The maximum Gasteiger partial charge on any atom is 0.355 e. The van der Waals surface area contributed by atoms with Crippen molar-refractivity contribution in [3.8, 4) is 0 Å². The number of benzene rings is 1. The van der Waals surface area contributed by atoms with Crippen LogP contribution in [0.5, 0.6) is 0 Å². The molecule has 1 aromatic carbocycles. The Balaban J connectivity index is 2.57. The van der Waals surface area contributed by atoms with Crippen LogP contribution in [0, 0.1) is 6.92 Å². The first-order chi connectivity index (χ1) is 10.5. The van der Waals surface area contributed by atoms with Crippen LogP contribution < -0.4 is 4.90 Å². The molecule has 0 amide bonds. The molecule has 2 rings (SSSR count). The van der Waals surface area contributed by atoms with Gasteiger partial charge in [0.1, 0.15) is 12.4 Å². The number of hydrogen-bond donors (Lipinski definition) is 0. The standard InChI is InChI=1S/C15H16ClNO5/c1-9-4-5-12(11(16)6-9)17-8-22-7-10(14(18)20-2)13(17)15(19)21-3/h4-6H,7-8H2,1-3H3. The molecule has 0 unspecified atom stereocenters. The van der Waals surface area contributed by atoms with Crippen molar-refractivity contribution in [2.24, 2.45) is 0 Å². The second kappa shape index (κ2) is 6.81. The smallest absolute Gasteiger partial charge is 0.355 e. The number of halogens is 1. The van der Waals surface area contributed by atoms with Gasteiger partial charge in [0.2, 0.25) is 0 Å². The van der Waals surface area contributed by atoms with Gasteiger partial charge in [-0.1, -0.05) is 17.7 Å². The first-order valence-corrected chi connectivity index (χ1v) is 6.88. The van der Waals surface area contributed by atoms with E-state index in [-0.39, 0.29) is 24.6 Å². The first-order valence-electron chi connectivity index (χ1n) is 6.50. The first kappa shape index (κ1) is 16.3. The molecular weight excluding hydrogens is 310 g/mol. The lowest BCUT2D eigenvalue weighted by atomic mass is 10.1. The van der Waals surface area contributed by atoms with E-state index in [1.807, 2.05) is 13.0 Å². The number of carbonyl (C=O) groups is 2. The zero-order chi connectivity index (χ0) is 16.3. The van der Waals surface area contributed by atoms with E-state index < -0.39 is 11.9 Å². The third kappa shape index (κ3) is 3.08. The number of ether oxygens (including phenoxy) is 3. The molecule has 0 aromatic heterocycles. The number of nitrogens with zero attached hydrogens (tertiary/aromatic N) is 1. The van der Waals surface area contributed by atoms with Crippen molar-refractivity contribution in [2.45, 2.75) is 6.92 Å². The Bertz CT molecular complexity index is 641. The summed E-state index contributed by atoms with van der Waals surface area (Å²) in [7, 11) is 2.48. The van der Waals surface area contributed by atoms with Gasteiger partial charge in [-0.3, -0.25) is 0 Å². The summed E-state index contributed by atoms with van der Waals surface area (Å²) in [5.41, 5.74) is 1.70. The van der Waals surface area contributed by atoms with Gasteiger partial charge in [0.25, 0.3) is 0 Å². The number of esters is 2. The molecule has 7 heteroatoms. The molecule has 1 aliphatic rings. The van der Waals surface area contributed by atoms with Crippen LogP contribution in [0.4, 0.5) is 5.69 Å². The summed E-state index contributed by atoms with van der Waals surface area (Å²) in [5.74, 6) is -1.30. The molecular formula is C15H16ClNO5. The molecule has 0 spiro atoms. The van der Waals surface area contributed by atoms with Crippen LogP contribution in [-0.2, 0) is 23.8 Å². The minimum Gasteiger partial charge on any atom is -0.466 e. The Labute approximate surface area is 133 Å². The molecule has 1 aliphatic heterocycles. The molecule has 22 heavy (non-hydrogen) atoms. The van der Waals surface area contributed by atoms with Crippen LogP contribution in [0.2, 0.25) is 5.02 Å². The number of methoxy groups -OCH3 is 2. The summed E-state index contributed by atoms with van der Waals surface area (Å²) in [6.07, 6.45) is 0. The van der Waals surface area contributed by atoms with E-state index in [0.717, 1.165) is 5.56 Å². The third-order valence-electron chi connectivity index (χ3n) is 3.23. The maximum atomic E-state index is 12.1. The molecule has 118 valence electrons. The van der Waals surface area contributed by atoms with Crippen molar-refractivity contribution in [3.63, 3.8) is 0 Å². The molecule has 0 atom stereocenters. The highest BCUT2D eigenvalue weighted by atomic mass is 35.5. The second-order valence-electron chi connectivity index (χ2n) is 4.67. The van der Waals surface area contributed by atoms with E-state index >= 15 is 0 Å². The van der Waals surface area contributed by atoms with Crippen molar-refractivity contribution in [1.29, 1.82) is 0 Å². The molecule has 1 heterocycles. The van der Waals surface area contributed by atoms with Gasteiger partial charge in [0, 0.05) is 0 Å². The van der Waals surface area contributed by atoms with Crippen LogP contribution in [0.1, 0.15) is 5.56 Å². The lowest BCUT2D eigenvalue weighted by Crippen LogP contribution is -2.38. The normalized spacial score (nSPS) is 14.8. The summed E-state index contributed by atoms with van der Waals surface area (Å²) in [6, 6.07) is 5.37. The molecule has 0 saturated carbocycles. The summed E-state index contributed by atoms with van der Waals surface area (Å²) in [6.45, 7) is 1.95. The van der Waals surface area contributed by atoms with Crippen LogP contribution in [0.3, 0.4) is 0 Å². The summed E-state index contributed by atoms with van der Waals surface area (Å²) in [5, 5.41) is 0.441. The SMILES string of the molecule is COC(=O)C1=C(C(=O)OC)N(c2ccc(C)cc2Cl)COC1.